The number of aliphatic hydroxyl groups excluding tert-OH is 1. The first-order chi connectivity index (χ1) is 14.2. The van der Waals surface area contributed by atoms with E-state index in [1.54, 1.807) is 0 Å². The van der Waals surface area contributed by atoms with Crippen molar-refractivity contribution in [2.45, 2.75) is 136 Å². The van der Waals surface area contributed by atoms with Crippen LogP contribution >= 0.6 is 0 Å². The molecular formula is C25H50O4. The van der Waals surface area contributed by atoms with Gasteiger partial charge in [0.05, 0.1) is 13.2 Å². The first-order valence-corrected chi connectivity index (χ1v) is 12.6. The van der Waals surface area contributed by atoms with Crippen molar-refractivity contribution >= 4 is 5.97 Å². The van der Waals surface area contributed by atoms with Gasteiger partial charge >= 0.3 is 5.97 Å². The predicted molar refractivity (Wildman–Crippen MR) is 122 cm³/mol. The molecule has 0 radical (unpaired) electrons. The number of ether oxygens (including phenoxy) is 2. The van der Waals surface area contributed by atoms with E-state index in [0.717, 1.165) is 19.3 Å². The topological polar surface area (TPSA) is 55.8 Å². The Kier molecular flexibility index (Phi) is 23.2. The summed E-state index contributed by atoms with van der Waals surface area (Å²) in [5, 5.41) is 9.39. The third-order valence-electron chi connectivity index (χ3n) is 5.43. The molecule has 0 heterocycles. The van der Waals surface area contributed by atoms with Gasteiger partial charge in [-0.05, 0) is 12.8 Å². The van der Waals surface area contributed by atoms with Gasteiger partial charge in [-0.2, -0.15) is 0 Å². The average molecular weight is 415 g/mol. The van der Waals surface area contributed by atoms with Gasteiger partial charge in [0, 0.05) is 13.0 Å². The fourth-order valence-corrected chi connectivity index (χ4v) is 3.50. The zero-order valence-corrected chi connectivity index (χ0v) is 19.6. The van der Waals surface area contributed by atoms with E-state index in [-0.39, 0.29) is 12.6 Å². The summed E-state index contributed by atoms with van der Waals surface area (Å²) in [7, 11) is 0. The second-order valence-corrected chi connectivity index (χ2v) is 8.42. The molecule has 0 saturated heterocycles. The summed E-state index contributed by atoms with van der Waals surface area (Å²) in [5.41, 5.74) is 0. The number of unbranched alkanes of at least 4 members (excludes halogenated alkanes) is 15. The van der Waals surface area contributed by atoms with Crippen LogP contribution in [0.5, 0.6) is 0 Å². The number of esters is 1. The molecule has 0 aromatic heterocycles. The van der Waals surface area contributed by atoms with Crippen molar-refractivity contribution in [2.75, 3.05) is 19.8 Å². The Hall–Kier alpha value is -0.610. The molecule has 4 nitrogen and oxygen atoms in total. The summed E-state index contributed by atoms with van der Waals surface area (Å²) in [4.78, 5) is 11.9. The smallest absolute Gasteiger partial charge is 0.306 e. The molecule has 1 N–H and O–H groups in total. The van der Waals surface area contributed by atoms with Gasteiger partial charge in [0.25, 0.3) is 0 Å². The Morgan fingerprint density at radius 1 is 0.690 bits per heavy atom. The highest BCUT2D eigenvalue weighted by molar-refractivity contribution is 5.69. The summed E-state index contributed by atoms with van der Waals surface area (Å²) in [5.74, 6) is -0.207. The lowest BCUT2D eigenvalue weighted by Gasteiger charge is -2.15. The van der Waals surface area contributed by atoms with E-state index in [1.807, 2.05) is 0 Å². The fraction of sp³-hybridized carbons (Fsp3) is 0.960. The minimum Gasteiger partial charge on any atom is -0.457 e. The Morgan fingerprint density at radius 2 is 1.14 bits per heavy atom. The summed E-state index contributed by atoms with van der Waals surface area (Å²) in [6.45, 7) is 5.30. The van der Waals surface area contributed by atoms with Crippen LogP contribution in [0.2, 0.25) is 0 Å². The molecule has 0 fully saturated rings. The Bertz CT molecular complexity index is 333. The number of hydrogen-bond acceptors (Lipinski definition) is 4. The van der Waals surface area contributed by atoms with Crippen molar-refractivity contribution < 1.29 is 19.4 Å². The standard InChI is InChI=1S/C25H50O4/c1-3-5-7-9-11-13-15-17-19-21-28-23-24(22-26)29-25(27)20-18-16-14-12-10-8-6-4-2/h24,26H,3-23H2,1-2H3. The van der Waals surface area contributed by atoms with Crippen LogP contribution in [0.15, 0.2) is 0 Å². The second kappa shape index (κ2) is 23.7. The van der Waals surface area contributed by atoms with E-state index in [0.29, 0.717) is 19.6 Å². The Morgan fingerprint density at radius 3 is 1.62 bits per heavy atom. The van der Waals surface area contributed by atoms with Crippen LogP contribution < -0.4 is 0 Å². The molecule has 1 atom stereocenters. The predicted octanol–water partition coefficient (Wildman–Crippen LogP) is 6.97. The average Bonchev–Trinajstić information content (AvgIpc) is 2.73. The van der Waals surface area contributed by atoms with Crippen LogP contribution in [0.3, 0.4) is 0 Å². The SMILES string of the molecule is CCCCCCCCCCCOCC(CO)OC(=O)CCCCCCCCCC. The maximum atomic E-state index is 11.9. The van der Waals surface area contributed by atoms with E-state index in [4.69, 9.17) is 9.47 Å². The maximum absolute atomic E-state index is 11.9. The van der Waals surface area contributed by atoms with E-state index in [1.165, 1.54) is 89.9 Å². The largest absolute Gasteiger partial charge is 0.457 e. The zero-order valence-electron chi connectivity index (χ0n) is 19.6. The highest BCUT2D eigenvalue weighted by Crippen LogP contribution is 2.11. The fourth-order valence-electron chi connectivity index (χ4n) is 3.50. The van der Waals surface area contributed by atoms with Crippen molar-refractivity contribution in [3.63, 3.8) is 0 Å². The van der Waals surface area contributed by atoms with Crippen LogP contribution in [-0.2, 0) is 14.3 Å². The lowest BCUT2D eigenvalue weighted by molar-refractivity contribution is -0.154. The quantitative estimate of drug-likeness (QED) is 0.145. The molecule has 0 amide bonds. The number of rotatable bonds is 23. The summed E-state index contributed by atoms with van der Waals surface area (Å²) >= 11 is 0. The van der Waals surface area contributed by atoms with Crippen molar-refractivity contribution in [1.82, 2.24) is 0 Å². The normalized spacial score (nSPS) is 12.2. The van der Waals surface area contributed by atoms with E-state index in [9.17, 15) is 9.90 Å². The lowest BCUT2D eigenvalue weighted by Crippen LogP contribution is -2.27. The summed E-state index contributed by atoms with van der Waals surface area (Å²) in [6.07, 6.45) is 21.2. The Balaban J connectivity index is 3.46. The molecule has 0 aliphatic carbocycles. The second-order valence-electron chi connectivity index (χ2n) is 8.42. The number of carbonyl (C=O) groups is 1. The lowest BCUT2D eigenvalue weighted by atomic mass is 10.1. The molecule has 0 aromatic rings. The van der Waals surface area contributed by atoms with Crippen molar-refractivity contribution in [3.8, 4) is 0 Å². The monoisotopic (exact) mass is 414 g/mol. The molecule has 0 spiro atoms. The van der Waals surface area contributed by atoms with Crippen LogP contribution in [0.1, 0.15) is 129 Å². The van der Waals surface area contributed by atoms with Gasteiger partial charge in [0.15, 0.2) is 0 Å². The maximum Gasteiger partial charge on any atom is 0.306 e. The first-order valence-electron chi connectivity index (χ1n) is 12.6. The minimum atomic E-state index is -0.518. The van der Waals surface area contributed by atoms with Crippen LogP contribution in [-0.4, -0.2) is 37.0 Å². The van der Waals surface area contributed by atoms with E-state index in [2.05, 4.69) is 13.8 Å². The van der Waals surface area contributed by atoms with Gasteiger partial charge in [-0.25, -0.2) is 0 Å². The van der Waals surface area contributed by atoms with E-state index < -0.39 is 6.10 Å². The molecule has 0 rings (SSSR count). The zero-order chi connectivity index (χ0) is 21.4. The highest BCUT2D eigenvalue weighted by atomic mass is 16.6. The number of carbonyl (C=O) groups excluding carboxylic acids is 1. The molecule has 4 heteroatoms. The molecule has 0 aliphatic rings. The summed E-state index contributed by atoms with van der Waals surface area (Å²) < 4.78 is 10.9. The number of aliphatic hydroxyl groups is 1. The van der Waals surface area contributed by atoms with Crippen LogP contribution in [0.25, 0.3) is 0 Å². The van der Waals surface area contributed by atoms with Gasteiger partial charge in [-0.1, -0.05) is 110 Å². The van der Waals surface area contributed by atoms with E-state index >= 15 is 0 Å². The third-order valence-corrected chi connectivity index (χ3v) is 5.43. The molecule has 0 saturated carbocycles. The summed E-state index contributed by atoms with van der Waals surface area (Å²) in [6, 6.07) is 0. The van der Waals surface area contributed by atoms with Gasteiger partial charge in [-0.15, -0.1) is 0 Å². The first kappa shape index (κ1) is 28.4. The van der Waals surface area contributed by atoms with Crippen molar-refractivity contribution in [1.29, 1.82) is 0 Å². The number of hydrogen-bond donors (Lipinski definition) is 1. The van der Waals surface area contributed by atoms with Gasteiger partial charge < -0.3 is 14.6 Å². The molecule has 0 bridgehead atoms. The highest BCUT2D eigenvalue weighted by Gasteiger charge is 2.13. The molecule has 0 aliphatic heterocycles. The minimum absolute atomic E-state index is 0.166. The van der Waals surface area contributed by atoms with Gasteiger partial charge in [-0.3, -0.25) is 4.79 Å². The molecule has 29 heavy (non-hydrogen) atoms. The van der Waals surface area contributed by atoms with Crippen LogP contribution in [0.4, 0.5) is 0 Å². The van der Waals surface area contributed by atoms with Gasteiger partial charge in [0.2, 0.25) is 0 Å². The van der Waals surface area contributed by atoms with Gasteiger partial charge in [0.1, 0.15) is 6.10 Å². The molecule has 1 unspecified atom stereocenters. The molecule has 174 valence electrons. The van der Waals surface area contributed by atoms with Crippen molar-refractivity contribution in [2.24, 2.45) is 0 Å². The van der Waals surface area contributed by atoms with Crippen LogP contribution in [0, 0.1) is 0 Å². The Labute approximate surface area is 181 Å². The molecular weight excluding hydrogens is 364 g/mol. The van der Waals surface area contributed by atoms with Crippen molar-refractivity contribution in [3.05, 3.63) is 0 Å². The third kappa shape index (κ3) is 21.9. The molecule has 0 aromatic carbocycles.